The van der Waals surface area contributed by atoms with E-state index in [9.17, 15) is 26.4 Å². The Bertz CT molecular complexity index is 1590. The first-order valence-electron chi connectivity index (χ1n) is 10.2. The van der Waals surface area contributed by atoms with Gasteiger partial charge in [0.15, 0.2) is 15.5 Å². The number of alkyl halides is 3. The summed E-state index contributed by atoms with van der Waals surface area (Å²) in [5.41, 5.74) is -1.59. The van der Waals surface area contributed by atoms with Gasteiger partial charge in [0.05, 0.1) is 20.6 Å². The molecule has 0 amide bonds. The monoisotopic (exact) mass is 616 g/mol. The Morgan fingerprint density at radius 3 is 2.51 bits per heavy atom. The molecule has 15 heteroatoms. The molecule has 0 unspecified atom stereocenters. The summed E-state index contributed by atoms with van der Waals surface area (Å²) in [5.74, 6) is -1.27. The van der Waals surface area contributed by atoms with E-state index in [0.717, 1.165) is 17.0 Å². The van der Waals surface area contributed by atoms with Crippen molar-refractivity contribution in [3.8, 4) is 28.7 Å². The number of nitrogens with zero attached hydrogens (tertiary/aromatic N) is 4. The molecule has 4 aromatic rings. The number of carbonyl (C=O) groups is 1. The number of esters is 1. The second-order valence-corrected chi connectivity index (χ2v) is 11.1. The molecular formula is C22H16BrF3N4O5S2. The molecule has 0 atom stereocenters. The Morgan fingerprint density at radius 2 is 1.84 bits per heavy atom. The maximum Gasteiger partial charge on any atom is 0.418 e. The van der Waals surface area contributed by atoms with Gasteiger partial charge in [0.25, 0.3) is 5.89 Å². The molecule has 9 nitrogen and oxygen atoms in total. The van der Waals surface area contributed by atoms with E-state index >= 15 is 0 Å². The zero-order valence-corrected chi connectivity index (χ0v) is 22.2. The van der Waals surface area contributed by atoms with E-state index < -0.39 is 33.2 Å². The molecule has 0 saturated heterocycles. The first-order chi connectivity index (χ1) is 17.4. The van der Waals surface area contributed by atoms with Crippen molar-refractivity contribution in [1.29, 1.82) is 0 Å². The maximum absolute atomic E-state index is 13.8. The molecule has 37 heavy (non-hydrogen) atoms. The van der Waals surface area contributed by atoms with E-state index in [2.05, 4.69) is 31.2 Å². The summed E-state index contributed by atoms with van der Waals surface area (Å²) in [5, 5.41) is 11.9. The average Bonchev–Trinajstić information content (AvgIpc) is 3.46. The molecule has 194 valence electrons. The molecule has 0 radical (unpaired) electrons. The van der Waals surface area contributed by atoms with Crippen LogP contribution in [-0.4, -0.2) is 52.8 Å². The fourth-order valence-corrected chi connectivity index (χ4v) is 4.73. The number of aromatic nitrogens is 4. The number of rotatable bonds is 7. The van der Waals surface area contributed by atoms with Crippen molar-refractivity contribution in [3.05, 3.63) is 64.3 Å². The molecular weight excluding hydrogens is 601 g/mol. The Labute approximate surface area is 221 Å². The van der Waals surface area contributed by atoms with Gasteiger partial charge in [-0.05, 0) is 52.5 Å². The van der Waals surface area contributed by atoms with Crippen molar-refractivity contribution in [2.75, 3.05) is 18.5 Å². The summed E-state index contributed by atoms with van der Waals surface area (Å²) in [6.07, 6.45) is -2.00. The summed E-state index contributed by atoms with van der Waals surface area (Å²) in [6.45, 7) is 0. The number of hydrogen-bond acceptors (Lipinski definition) is 9. The second kappa shape index (κ2) is 10.3. The van der Waals surface area contributed by atoms with Gasteiger partial charge in [0.1, 0.15) is 11.6 Å². The Morgan fingerprint density at radius 1 is 1.14 bits per heavy atom. The quantitative estimate of drug-likeness (QED) is 0.203. The number of hydrogen-bond donors (Lipinski definition) is 0. The minimum atomic E-state index is -4.74. The summed E-state index contributed by atoms with van der Waals surface area (Å²) >= 11 is 4.45. The van der Waals surface area contributed by atoms with Crippen LogP contribution in [0.25, 0.3) is 28.7 Å². The second-order valence-electron chi connectivity index (χ2n) is 7.49. The van der Waals surface area contributed by atoms with Crippen LogP contribution in [0, 0.1) is 0 Å². The van der Waals surface area contributed by atoms with Crippen LogP contribution >= 0.6 is 27.7 Å². The van der Waals surface area contributed by atoms with Gasteiger partial charge >= 0.3 is 12.1 Å². The predicted molar refractivity (Wildman–Crippen MR) is 132 cm³/mol. The van der Waals surface area contributed by atoms with Crippen LogP contribution in [0.1, 0.15) is 16.1 Å². The highest BCUT2D eigenvalue weighted by atomic mass is 79.9. The third-order valence-electron chi connectivity index (χ3n) is 4.90. The lowest BCUT2D eigenvalue weighted by Crippen LogP contribution is -2.13. The molecule has 0 spiro atoms. The molecule has 2 aromatic heterocycles. The first-order valence-corrected chi connectivity index (χ1v) is 14.2. The van der Waals surface area contributed by atoms with Gasteiger partial charge in [-0.25, -0.2) is 17.9 Å². The van der Waals surface area contributed by atoms with E-state index in [1.165, 1.54) is 54.2 Å². The lowest BCUT2D eigenvalue weighted by atomic mass is 10.1. The number of para-hydroxylation sites is 1. The van der Waals surface area contributed by atoms with Gasteiger partial charge < -0.3 is 9.15 Å². The zero-order valence-electron chi connectivity index (χ0n) is 19.0. The van der Waals surface area contributed by atoms with Gasteiger partial charge in [0, 0.05) is 11.8 Å². The topological polar surface area (TPSA) is 117 Å². The van der Waals surface area contributed by atoms with Gasteiger partial charge in [-0.2, -0.15) is 18.3 Å². The van der Waals surface area contributed by atoms with E-state index in [-0.39, 0.29) is 44.0 Å². The van der Waals surface area contributed by atoms with Gasteiger partial charge in [0.2, 0.25) is 5.89 Å². The first kappa shape index (κ1) is 26.9. The third kappa shape index (κ3) is 5.57. The van der Waals surface area contributed by atoms with Crippen LogP contribution in [-0.2, 0) is 20.8 Å². The fourth-order valence-electron chi connectivity index (χ4n) is 3.26. The fraction of sp³-hybridized carbons (Fsp3) is 0.182. The number of ether oxygens (including phenoxy) is 1. The SMILES string of the molecule is CSCOC(=O)c1nn(-c2ccccc2C(F)(F)F)c(-c2nnc(-c3cccc(S(C)(=O)=O)c3)o2)c1Br. The lowest BCUT2D eigenvalue weighted by Gasteiger charge is -2.13. The molecule has 0 saturated carbocycles. The summed E-state index contributed by atoms with van der Waals surface area (Å²) in [6, 6.07) is 10.4. The van der Waals surface area contributed by atoms with Gasteiger partial charge in [-0.3, -0.25) is 0 Å². The van der Waals surface area contributed by atoms with Crippen molar-refractivity contribution in [2.45, 2.75) is 11.1 Å². The highest BCUT2D eigenvalue weighted by Crippen LogP contribution is 2.39. The molecule has 2 heterocycles. The molecule has 0 aliphatic carbocycles. The van der Waals surface area contributed by atoms with E-state index in [1.54, 1.807) is 6.26 Å². The number of halogens is 4. The molecule has 2 aromatic carbocycles. The minimum Gasteiger partial charge on any atom is -0.450 e. The average molecular weight is 617 g/mol. The molecule has 4 rings (SSSR count). The van der Waals surface area contributed by atoms with Crippen LogP contribution in [0.15, 0.2) is 62.3 Å². The van der Waals surface area contributed by atoms with Gasteiger partial charge in [-0.15, -0.1) is 22.0 Å². The molecule has 0 aliphatic rings. The van der Waals surface area contributed by atoms with Crippen LogP contribution < -0.4 is 0 Å². The number of thioether (sulfide) groups is 1. The van der Waals surface area contributed by atoms with E-state index in [0.29, 0.717) is 0 Å². The molecule has 0 aliphatic heterocycles. The van der Waals surface area contributed by atoms with Crippen molar-refractivity contribution in [1.82, 2.24) is 20.0 Å². The van der Waals surface area contributed by atoms with Crippen LogP contribution in [0.5, 0.6) is 0 Å². The third-order valence-corrected chi connectivity index (χ3v) is 7.12. The number of carbonyl (C=O) groups excluding carboxylic acids is 1. The number of sulfone groups is 1. The largest absolute Gasteiger partial charge is 0.450 e. The Balaban J connectivity index is 1.90. The van der Waals surface area contributed by atoms with E-state index in [1.807, 2.05) is 0 Å². The smallest absolute Gasteiger partial charge is 0.418 e. The van der Waals surface area contributed by atoms with Crippen molar-refractivity contribution >= 4 is 43.5 Å². The molecule has 0 N–H and O–H groups in total. The van der Waals surface area contributed by atoms with Crippen molar-refractivity contribution < 1.29 is 35.5 Å². The van der Waals surface area contributed by atoms with Gasteiger partial charge in [-0.1, -0.05) is 18.2 Å². The highest BCUT2D eigenvalue weighted by molar-refractivity contribution is 9.10. The summed E-state index contributed by atoms with van der Waals surface area (Å²) < 4.78 is 76.9. The Hall–Kier alpha value is -3.17. The molecule has 0 fully saturated rings. The van der Waals surface area contributed by atoms with Crippen LogP contribution in [0.4, 0.5) is 13.2 Å². The standard InChI is InChI=1S/C22H16BrF3N4O5S2/c1-36-11-34-21(31)17-16(23)18(30(29-17)15-9-4-3-8-14(15)22(24,25)26)20-28-27-19(35-20)12-6-5-7-13(10-12)37(2,32)33/h3-10H,11H2,1-2H3. The highest BCUT2D eigenvalue weighted by Gasteiger charge is 2.36. The molecule has 0 bridgehead atoms. The Kier molecular flexibility index (Phi) is 7.48. The van der Waals surface area contributed by atoms with Crippen LogP contribution in [0.2, 0.25) is 0 Å². The van der Waals surface area contributed by atoms with Crippen molar-refractivity contribution in [3.63, 3.8) is 0 Å². The lowest BCUT2D eigenvalue weighted by molar-refractivity contribution is -0.137. The zero-order chi connectivity index (χ0) is 27.0. The maximum atomic E-state index is 13.8. The van der Waals surface area contributed by atoms with Crippen molar-refractivity contribution in [2.24, 2.45) is 0 Å². The summed E-state index contributed by atoms with van der Waals surface area (Å²) in [7, 11) is -3.53. The van der Waals surface area contributed by atoms with E-state index in [4.69, 9.17) is 9.15 Å². The number of benzene rings is 2. The summed E-state index contributed by atoms with van der Waals surface area (Å²) in [4.78, 5) is 12.6. The minimum absolute atomic E-state index is 0.00596. The van der Waals surface area contributed by atoms with Crippen LogP contribution in [0.3, 0.4) is 0 Å². The normalized spacial score (nSPS) is 12.1. The predicted octanol–water partition coefficient (Wildman–Crippen LogP) is 5.25.